The summed E-state index contributed by atoms with van der Waals surface area (Å²) in [7, 11) is 2.11. The molecule has 5 rings (SSSR count). The summed E-state index contributed by atoms with van der Waals surface area (Å²) in [6.07, 6.45) is 8.75. The zero-order valence-corrected chi connectivity index (χ0v) is 25.4. The number of rotatable bonds is 10. The van der Waals surface area contributed by atoms with Gasteiger partial charge in [-0.25, -0.2) is 19.6 Å². The molecule has 2 aliphatic carbocycles. The van der Waals surface area contributed by atoms with Crippen molar-refractivity contribution in [2.45, 2.75) is 81.7 Å². The monoisotopic (exact) mass is 585 g/mol. The maximum absolute atomic E-state index is 9.55. The second-order valence-electron chi connectivity index (χ2n) is 12.1. The Morgan fingerprint density at radius 3 is 2.17 bits per heavy atom. The summed E-state index contributed by atoms with van der Waals surface area (Å²) in [6, 6.07) is 2.28. The molecule has 0 radical (unpaired) electrons. The van der Waals surface area contributed by atoms with Crippen molar-refractivity contribution in [3.63, 3.8) is 0 Å². The number of carbonyl (C=O) groups is 2. The summed E-state index contributed by atoms with van der Waals surface area (Å²) in [4.78, 5) is 34.2. The first kappa shape index (κ1) is 31.0. The van der Waals surface area contributed by atoms with Crippen LogP contribution in [-0.2, 0) is 22.1 Å². The van der Waals surface area contributed by atoms with Crippen LogP contribution in [0.3, 0.4) is 0 Å². The fourth-order valence-electron chi connectivity index (χ4n) is 4.81. The molecule has 12 heteroatoms. The molecule has 1 aliphatic heterocycles. The average Bonchev–Trinajstić information content (AvgIpc) is 3.67. The molecule has 2 aromatic heterocycles. The van der Waals surface area contributed by atoms with Crippen LogP contribution in [0.15, 0.2) is 23.4 Å². The molecule has 3 fully saturated rings. The largest absolute Gasteiger partial charge is 0.478 e. The van der Waals surface area contributed by atoms with Crippen LogP contribution in [0, 0.1) is 0 Å². The highest BCUT2D eigenvalue weighted by Crippen LogP contribution is 2.39. The van der Waals surface area contributed by atoms with Gasteiger partial charge in [0.2, 0.25) is 0 Å². The lowest BCUT2D eigenvalue weighted by Crippen LogP contribution is -2.47. The molecule has 2 N–H and O–H groups in total. The van der Waals surface area contributed by atoms with E-state index in [-0.39, 0.29) is 5.41 Å². The average molecular weight is 586 g/mol. The molecule has 11 nitrogen and oxygen atoms in total. The normalized spacial score (nSPS) is 18.2. The topological polar surface area (TPSA) is 138 Å². The van der Waals surface area contributed by atoms with Crippen LogP contribution in [-0.4, -0.2) is 90.3 Å². The molecule has 2 aromatic rings. The third-order valence-corrected chi connectivity index (χ3v) is 8.76. The maximum atomic E-state index is 9.55. The molecule has 0 unspecified atom stereocenters. The van der Waals surface area contributed by atoms with Gasteiger partial charge in [0.15, 0.2) is 5.16 Å². The summed E-state index contributed by atoms with van der Waals surface area (Å²) >= 11 is 1.85. The van der Waals surface area contributed by atoms with E-state index < -0.39 is 11.9 Å². The van der Waals surface area contributed by atoms with Crippen molar-refractivity contribution in [3.8, 4) is 0 Å². The molecular weight excluding hydrogens is 542 g/mol. The van der Waals surface area contributed by atoms with E-state index in [1.807, 2.05) is 11.8 Å². The quantitative estimate of drug-likeness (QED) is 0.237. The Labute approximate surface area is 246 Å². The first-order chi connectivity index (χ1) is 19.5. The van der Waals surface area contributed by atoms with Gasteiger partial charge in [0.25, 0.3) is 0 Å². The van der Waals surface area contributed by atoms with Gasteiger partial charge in [0.05, 0.1) is 0 Å². The highest BCUT2D eigenvalue weighted by molar-refractivity contribution is 7.99. The lowest BCUT2D eigenvalue weighted by molar-refractivity contribution is -0.134. The van der Waals surface area contributed by atoms with Crippen molar-refractivity contribution >= 4 is 29.5 Å². The molecule has 41 heavy (non-hydrogen) atoms. The van der Waals surface area contributed by atoms with Crippen LogP contribution in [0.5, 0.6) is 0 Å². The third kappa shape index (κ3) is 9.00. The number of carboxylic acid groups (broad SMARTS) is 2. The van der Waals surface area contributed by atoms with Gasteiger partial charge < -0.3 is 19.7 Å². The van der Waals surface area contributed by atoms with E-state index in [0.717, 1.165) is 55.3 Å². The van der Waals surface area contributed by atoms with E-state index in [1.54, 1.807) is 0 Å². The molecule has 224 valence electrons. The molecule has 2 saturated carbocycles. The maximum Gasteiger partial charge on any atom is 0.328 e. The summed E-state index contributed by atoms with van der Waals surface area (Å²) in [5.41, 5.74) is 1.25. The van der Waals surface area contributed by atoms with E-state index in [9.17, 15) is 9.59 Å². The van der Waals surface area contributed by atoms with Crippen LogP contribution in [0.2, 0.25) is 0 Å². The van der Waals surface area contributed by atoms with Gasteiger partial charge in [-0.3, -0.25) is 4.90 Å². The first-order valence-corrected chi connectivity index (χ1v) is 15.5. The van der Waals surface area contributed by atoms with Crippen LogP contribution >= 0.6 is 11.8 Å². The minimum atomic E-state index is -1.26. The van der Waals surface area contributed by atoms with Gasteiger partial charge in [-0.05, 0) is 38.6 Å². The molecule has 0 aromatic carbocycles. The Bertz CT molecular complexity index is 1210. The molecular formula is C29H43N7O4S. The number of thioether (sulfide) groups is 1. The SMILES string of the molecule is Cn1c(SCCCN2CCN(c3cc(C4CCC4)nc(C(C)(C)C)n3)CC2)nnc1C1CC1.O=C(O)C=CC(=O)O. The van der Waals surface area contributed by atoms with Gasteiger partial charge in [-0.1, -0.05) is 39.0 Å². The molecule has 0 spiro atoms. The number of aliphatic carboxylic acids is 2. The number of carboxylic acids is 2. The minimum Gasteiger partial charge on any atom is -0.478 e. The number of nitrogens with zero attached hydrogens (tertiary/aromatic N) is 7. The third-order valence-electron chi connectivity index (χ3n) is 7.65. The number of hydrogen-bond donors (Lipinski definition) is 2. The fourth-order valence-corrected chi connectivity index (χ4v) is 5.65. The van der Waals surface area contributed by atoms with E-state index in [2.05, 4.69) is 58.4 Å². The number of aromatic nitrogens is 5. The highest BCUT2D eigenvalue weighted by Gasteiger charge is 2.30. The number of piperazine rings is 1. The van der Waals surface area contributed by atoms with Gasteiger partial charge >= 0.3 is 11.9 Å². The van der Waals surface area contributed by atoms with E-state index in [1.165, 1.54) is 50.0 Å². The molecule has 0 amide bonds. The zero-order valence-electron chi connectivity index (χ0n) is 24.6. The van der Waals surface area contributed by atoms with Gasteiger partial charge in [0.1, 0.15) is 17.5 Å². The summed E-state index contributed by atoms with van der Waals surface area (Å²) in [5.74, 6) is 3.19. The van der Waals surface area contributed by atoms with Crippen molar-refractivity contribution < 1.29 is 19.8 Å². The van der Waals surface area contributed by atoms with Crippen LogP contribution < -0.4 is 4.90 Å². The molecule has 0 atom stereocenters. The van der Waals surface area contributed by atoms with Gasteiger partial charge in [-0.2, -0.15) is 0 Å². The molecule has 1 saturated heterocycles. The second-order valence-corrected chi connectivity index (χ2v) is 13.1. The molecule has 3 aliphatic rings. The van der Waals surface area contributed by atoms with Crippen molar-refractivity contribution in [1.82, 2.24) is 29.6 Å². The van der Waals surface area contributed by atoms with E-state index in [4.69, 9.17) is 20.2 Å². The van der Waals surface area contributed by atoms with E-state index in [0.29, 0.717) is 24.0 Å². The minimum absolute atomic E-state index is 0.0177. The zero-order chi connectivity index (χ0) is 29.6. The lowest BCUT2D eigenvalue weighted by Gasteiger charge is -2.36. The Kier molecular flexibility index (Phi) is 10.4. The van der Waals surface area contributed by atoms with Crippen molar-refractivity contribution in [2.75, 3.05) is 43.4 Å². The Morgan fingerprint density at radius 1 is 0.976 bits per heavy atom. The second kappa shape index (κ2) is 13.8. The Morgan fingerprint density at radius 2 is 1.63 bits per heavy atom. The number of hydrogen-bond acceptors (Lipinski definition) is 9. The summed E-state index contributed by atoms with van der Waals surface area (Å²) in [5, 5.41) is 25.5. The van der Waals surface area contributed by atoms with E-state index >= 15 is 0 Å². The van der Waals surface area contributed by atoms with Gasteiger partial charge in [0, 0.05) is 80.1 Å². The Hall–Kier alpha value is -2.99. The van der Waals surface area contributed by atoms with Crippen LogP contribution in [0.25, 0.3) is 0 Å². The standard InChI is InChI=1S/C25H39N7S.C4H4O4/c1-25(2,3)23-26-20(18-7-5-8-18)17-21(27-23)32-14-12-31(13-15-32)11-6-16-33-24-29-28-22(30(24)4)19-9-10-19;5-3(6)1-2-4(7)8/h17-19H,5-16H2,1-4H3;1-2H,(H,5,6)(H,7,8). The summed E-state index contributed by atoms with van der Waals surface area (Å²) < 4.78 is 2.20. The summed E-state index contributed by atoms with van der Waals surface area (Å²) in [6.45, 7) is 12.1. The van der Waals surface area contributed by atoms with Gasteiger partial charge in [-0.15, -0.1) is 10.2 Å². The smallest absolute Gasteiger partial charge is 0.328 e. The van der Waals surface area contributed by atoms with Crippen molar-refractivity contribution in [1.29, 1.82) is 0 Å². The molecule has 0 bridgehead atoms. The predicted molar refractivity (Wildman–Crippen MR) is 159 cm³/mol. The van der Waals surface area contributed by atoms with Crippen molar-refractivity contribution in [3.05, 3.63) is 35.6 Å². The van der Waals surface area contributed by atoms with Crippen molar-refractivity contribution in [2.24, 2.45) is 7.05 Å². The molecule has 3 heterocycles. The Balaban J connectivity index is 0.000000426. The first-order valence-electron chi connectivity index (χ1n) is 14.5. The van der Waals surface area contributed by atoms with Crippen LogP contribution in [0.1, 0.15) is 88.5 Å². The lowest BCUT2D eigenvalue weighted by atomic mass is 9.82. The predicted octanol–water partition coefficient (Wildman–Crippen LogP) is 4.06. The van der Waals surface area contributed by atoms with Crippen LogP contribution in [0.4, 0.5) is 5.82 Å². The fraction of sp³-hybridized carbons (Fsp3) is 0.655. The highest BCUT2D eigenvalue weighted by atomic mass is 32.2. The number of anilines is 1.